The molecule has 4 nitrogen and oxygen atoms in total. The standard InChI is InChI=1S/C12H16F3NO3/c1-8(16)9-3-4-10(11(7-9)17-2)18-5-6-19-12(13,14)15/h3-4,7-8H,5-6,16H2,1-2H3. The van der Waals surface area contributed by atoms with Crippen LogP contribution in [0.3, 0.4) is 0 Å². The highest BCUT2D eigenvalue weighted by Gasteiger charge is 2.28. The Balaban J connectivity index is 2.58. The van der Waals surface area contributed by atoms with Crippen molar-refractivity contribution in [1.29, 1.82) is 0 Å². The molecule has 0 radical (unpaired) electrons. The summed E-state index contributed by atoms with van der Waals surface area (Å²) in [5.74, 6) is 0.763. The SMILES string of the molecule is COc1cc(C(C)N)ccc1OCCOC(F)(F)F. The second-order valence-corrected chi connectivity index (χ2v) is 3.84. The fourth-order valence-corrected chi connectivity index (χ4v) is 1.40. The number of methoxy groups -OCH3 is 1. The van der Waals surface area contributed by atoms with Crippen molar-refractivity contribution in [3.05, 3.63) is 23.8 Å². The van der Waals surface area contributed by atoms with Gasteiger partial charge in [0.1, 0.15) is 6.61 Å². The van der Waals surface area contributed by atoms with Gasteiger partial charge in [0, 0.05) is 6.04 Å². The van der Waals surface area contributed by atoms with Crippen LogP contribution in [0.2, 0.25) is 0 Å². The fraction of sp³-hybridized carbons (Fsp3) is 0.500. The Morgan fingerprint density at radius 2 is 1.89 bits per heavy atom. The fourth-order valence-electron chi connectivity index (χ4n) is 1.40. The zero-order valence-electron chi connectivity index (χ0n) is 10.7. The first kappa shape index (κ1) is 15.6. The zero-order chi connectivity index (χ0) is 14.5. The summed E-state index contributed by atoms with van der Waals surface area (Å²) in [5, 5.41) is 0. The van der Waals surface area contributed by atoms with Gasteiger partial charge in [0.2, 0.25) is 0 Å². The number of alkyl halides is 3. The molecule has 108 valence electrons. The molecule has 0 amide bonds. The first-order valence-corrected chi connectivity index (χ1v) is 5.60. The number of ether oxygens (including phenoxy) is 3. The molecule has 1 atom stereocenters. The van der Waals surface area contributed by atoms with Gasteiger partial charge in [0.05, 0.1) is 13.7 Å². The number of halogens is 3. The van der Waals surface area contributed by atoms with Gasteiger partial charge in [0.15, 0.2) is 11.5 Å². The van der Waals surface area contributed by atoms with E-state index in [9.17, 15) is 13.2 Å². The number of benzene rings is 1. The molecule has 2 N–H and O–H groups in total. The maximum absolute atomic E-state index is 11.8. The molecule has 0 aliphatic heterocycles. The van der Waals surface area contributed by atoms with Gasteiger partial charge in [-0.2, -0.15) is 0 Å². The van der Waals surface area contributed by atoms with Crippen LogP contribution >= 0.6 is 0 Å². The summed E-state index contributed by atoms with van der Waals surface area (Å²) in [7, 11) is 1.44. The normalized spacial score (nSPS) is 13.2. The van der Waals surface area contributed by atoms with Crippen LogP contribution in [0.25, 0.3) is 0 Å². The number of hydrogen-bond donors (Lipinski definition) is 1. The van der Waals surface area contributed by atoms with Crippen molar-refractivity contribution >= 4 is 0 Å². The summed E-state index contributed by atoms with van der Waals surface area (Å²) in [4.78, 5) is 0. The first-order valence-electron chi connectivity index (χ1n) is 5.60. The molecule has 1 aromatic rings. The summed E-state index contributed by atoms with van der Waals surface area (Å²) >= 11 is 0. The maximum atomic E-state index is 11.8. The van der Waals surface area contributed by atoms with Crippen LogP contribution < -0.4 is 15.2 Å². The molecule has 0 bridgehead atoms. The third-order valence-corrected chi connectivity index (χ3v) is 2.32. The lowest BCUT2D eigenvalue weighted by Crippen LogP contribution is -2.18. The van der Waals surface area contributed by atoms with Crippen molar-refractivity contribution in [1.82, 2.24) is 0 Å². The Morgan fingerprint density at radius 1 is 1.21 bits per heavy atom. The van der Waals surface area contributed by atoms with Crippen LogP contribution in [0, 0.1) is 0 Å². The van der Waals surface area contributed by atoms with Gasteiger partial charge in [-0.05, 0) is 24.6 Å². The predicted molar refractivity (Wildman–Crippen MR) is 63.1 cm³/mol. The van der Waals surface area contributed by atoms with E-state index in [0.29, 0.717) is 11.5 Å². The van der Waals surface area contributed by atoms with E-state index in [1.807, 2.05) is 6.92 Å². The van der Waals surface area contributed by atoms with Gasteiger partial charge in [-0.25, -0.2) is 0 Å². The molecule has 7 heteroatoms. The minimum atomic E-state index is -4.65. The predicted octanol–water partition coefficient (Wildman–Crippen LogP) is 2.63. The molecule has 19 heavy (non-hydrogen) atoms. The van der Waals surface area contributed by atoms with Gasteiger partial charge in [-0.1, -0.05) is 6.07 Å². The largest absolute Gasteiger partial charge is 0.522 e. The number of rotatable bonds is 6. The van der Waals surface area contributed by atoms with Crippen molar-refractivity contribution in [2.24, 2.45) is 5.73 Å². The van der Waals surface area contributed by atoms with E-state index >= 15 is 0 Å². The topological polar surface area (TPSA) is 53.7 Å². The quantitative estimate of drug-likeness (QED) is 0.813. The molecule has 1 unspecified atom stereocenters. The van der Waals surface area contributed by atoms with Crippen LogP contribution in [-0.2, 0) is 4.74 Å². The summed E-state index contributed by atoms with van der Waals surface area (Å²) in [6.07, 6.45) is -4.65. The molecule has 0 aromatic heterocycles. The average molecular weight is 279 g/mol. The average Bonchev–Trinajstić information content (AvgIpc) is 2.33. The molecule has 0 saturated heterocycles. The second kappa shape index (κ2) is 6.63. The van der Waals surface area contributed by atoms with Crippen molar-refractivity contribution in [2.45, 2.75) is 19.3 Å². The van der Waals surface area contributed by atoms with E-state index in [1.54, 1.807) is 18.2 Å². The summed E-state index contributed by atoms with van der Waals surface area (Å²) in [6.45, 7) is 1.00. The van der Waals surface area contributed by atoms with Crippen LogP contribution in [-0.4, -0.2) is 26.7 Å². The summed E-state index contributed by atoms with van der Waals surface area (Å²) in [5.41, 5.74) is 6.56. The lowest BCUT2D eigenvalue weighted by molar-refractivity contribution is -0.325. The Hall–Kier alpha value is -1.47. The van der Waals surface area contributed by atoms with E-state index in [-0.39, 0.29) is 12.6 Å². The summed E-state index contributed by atoms with van der Waals surface area (Å²) < 4.78 is 49.1. The summed E-state index contributed by atoms with van der Waals surface area (Å²) in [6, 6.07) is 4.85. The van der Waals surface area contributed by atoms with Gasteiger partial charge < -0.3 is 15.2 Å². The monoisotopic (exact) mass is 279 g/mol. The minimum absolute atomic E-state index is 0.170. The highest BCUT2D eigenvalue weighted by atomic mass is 19.4. The molecule has 1 aromatic carbocycles. The molecule has 0 spiro atoms. The van der Waals surface area contributed by atoms with Gasteiger partial charge in [-0.15, -0.1) is 13.2 Å². The third kappa shape index (κ3) is 5.35. The van der Waals surface area contributed by atoms with E-state index in [1.165, 1.54) is 7.11 Å². The highest BCUT2D eigenvalue weighted by molar-refractivity contribution is 5.43. The van der Waals surface area contributed by atoms with Crippen molar-refractivity contribution < 1.29 is 27.4 Å². The van der Waals surface area contributed by atoms with Gasteiger partial charge >= 0.3 is 6.36 Å². The smallest absolute Gasteiger partial charge is 0.493 e. The van der Waals surface area contributed by atoms with E-state index in [2.05, 4.69) is 4.74 Å². The van der Waals surface area contributed by atoms with E-state index < -0.39 is 13.0 Å². The minimum Gasteiger partial charge on any atom is -0.493 e. The molecule has 0 aliphatic rings. The Bertz CT molecular complexity index is 408. The van der Waals surface area contributed by atoms with Crippen LogP contribution in [0.1, 0.15) is 18.5 Å². The Morgan fingerprint density at radius 3 is 2.42 bits per heavy atom. The number of hydrogen-bond acceptors (Lipinski definition) is 4. The molecular formula is C12H16F3NO3. The second-order valence-electron chi connectivity index (χ2n) is 3.84. The molecule has 0 aliphatic carbocycles. The van der Waals surface area contributed by atoms with Gasteiger partial charge in [0.25, 0.3) is 0 Å². The van der Waals surface area contributed by atoms with Crippen LogP contribution in [0.15, 0.2) is 18.2 Å². The van der Waals surface area contributed by atoms with Crippen molar-refractivity contribution in [2.75, 3.05) is 20.3 Å². The highest BCUT2D eigenvalue weighted by Crippen LogP contribution is 2.29. The van der Waals surface area contributed by atoms with E-state index in [4.69, 9.17) is 15.2 Å². The Labute approximate surface area is 109 Å². The molecule has 0 saturated carbocycles. The molecule has 0 fully saturated rings. The van der Waals surface area contributed by atoms with Crippen molar-refractivity contribution in [3.8, 4) is 11.5 Å². The van der Waals surface area contributed by atoms with Gasteiger partial charge in [-0.3, -0.25) is 4.74 Å². The number of nitrogens with two attached hydrogens (primary N) is 1. The van der Waals surface area contributed by atoms with Crippen molar-refractivity contribution in [3.63, 3.8) is 0 Å². The van der Waals surface area contributed by atoms with Crippen LogP contribution in [0.5, 0.6) is 11.5 Å². The Kier molecular flexibility index (Phi) is 5.44. The molecular weight excluding hydrogens is 263 g/mol. The molecule has 1 rings (SSSR count). The zero-order valence-corrected chi connectivity index (χ0v) is 10.7. The first-order chi connectivity index (χ1) is 8.83. The third-order valence-electron chi connectivity index (χ3n) is 2.32. The van der Waals surface area contributed by atoms with Crippen LogP contribution in [0.4, 0.5) is 13.2 Å². The lowest BCUT2D eigenvalue weighted by atomic mass is 10.1. The van der Waals surface area contributed by atoms with E-state index in [0.717, 1.165) is 5.56 Å². The molecule has 0 heterocycles. The maximum Gasteiger partial charge on any atom is 0.522 e. The lowest BCUT2D eigenvalue weighted by Gasteiger charge is -2.14.